The Balaban J connectivity index is 2.20. The van der Waals surface area contributed by atoms with Crippen molar-refractivity contribution in [2.45, 2.75) is 45.2 Å². The van der Waals surface area contributed by atoms with Gasteiger partial charge >= 0.3 is 5.97 Å². The summed E-state index contributed by atoms with van der Waals surface area (Å²) < 4.78 is 0. The number of carboxylic acids is 1. The highest BCUT2D eigenvalue weighted by molar-refractivity contribution is 5.96. The first kappa shape index (κ1) is 13.6. The van der Waals surface area contributed by atoms with Crippen LogP contribution < -0.4 is 0 Å². The lowest BCUT2D eigenvalue weighted by Crippen LogP contribution is -2.47. The van der Waals surface area contributed by atoms with Crippen molar-refractivity contribution in [2.24, 2.45) is 0 Å². The average Bonchev–Trinajstić information content (AvgIpc) is 2.38. The van der Waals surface area contributed by atoms with Crippen LogP contribution in [0.25, 0.3) is 0 Å². The fourth-order valence-electron chi connectivity index (χ4n) is 2.73. The molecular formula is C15H19NO3. The third kappa shape index (κ3) is 2.78. The zero-order valence-corrected chi connectivity index (χ0v) is 11.3. The number of benzene rings is 1. The smallest absolute Gasteiger partial charge is 0.335 e. The summed E-state index contributed by atoms with van der Waals surface area (Å²) in [5.74, 6) is -0.977. The predicted molar refractivity (Wildman–Crippen MR) is 72.3 cm³/mol. The molecule has 1 N–H and O–H groups in total. The Hall–Kier alpha value is -1.84. The maximum absolute atomic E-state index is 12.5. The van der Waals surface area contributed by atoms with Gasteiger partial charge in [-0.05, 0) is 57.4 Å². The molecule has 0 aliphatic carbocycles. The van der Waals surface area contributed by atoms with Crippen LogP contribution in [-0.2, 0) is 0 Å². The first-order valence-corrected chi connectivity index (χ1v) is 6.66. The number of rotatable bonds is 2. The van der Waals surface area contributed by atoms with E-state index in [2.05, 4.69) is 13.8 Å². The van der Waals surface area contributed by atoms with Crippen molar-refractivity contribution in [3.05, 3.63) is 35.4 Å². The summed E-state index contributed by atoms with van der Waals surface area (Å²) in [5, 5.41) is 8.85. The summed E-state index contributed by atoms with van der Waals surface area (Å²) >= 11 is 0. The molecule has 1 heterocycles. The van der Waals surface area contributed by atoms with Crippen molar-refractivity contribution in [3.63, 3.8) is 0 Å². The Labute approximate surface area is 113 Å². The minimum absolute atomic E-state index is 0.00311. The number of carboxylic acid groups (broad SMARTS) is 1. The van der Waals surface area contributed by atoms with Crippen molar-refractivity contribution in [3.8, 4) is 0 Å². The standard InChI is InChI=1S/C15H19NO3/c1-10-4-3-5-11(2)16(10)14(17)12-6-8-13(9-7-12)15(18)19/h6-11H,3-5H2,1-2H3,(H,18,19). The molecule has 4 nitrogen and oxygen atoms in total. The van der Waals surface area contributed by atoms with Crippen molar-refractivity contribution in [1.29, 1.82) is 0 Å². The molecule has 1 saturated heterocycles. The highest BCUT2D eigenvalue weighted by Crippen LogP contribution is 2.24. The van der Waals surface area contributed by atoms with E-state index in [9.17, 15) is 9.59 Å². The second-order valence-electron chi connectivity index (χ2n) is 5.22. The number of likely N-dealkylation sites (tertiary alicyclic amines) is 1. The Morgan fingerprint density at radius 3 is 2.00 bits per heavy atom. The first-order valence-electron chi connectivity index (χ1n) is 6.66. The molecule has 0 bridgehead atoms. The lowest BCUT2D eigenvalue weighted by atomic mass is 9.96. The van der Waals surface area contributed by atoms with Gasteiger partial charge in [0, 0.05) is 17.6 Å². The van der Waals surface area contributed by atoms with Crippen LogP contribution in [0.3, 0.4) is 0 Å². The minimum atomic E-state index is -0.973. The van der Waals surface area contributed by atoms with Gasteiger partial charge in [0.05, 0.1) is 5.56 Å². The van der Waals surface area contributed by atoms with Crippen LogP contribution in [0.4, 0.5) is 0 Å². The summed E-state index contributed by atoms with van der Waals surface area (Å²) in [7, 11) is 0. The molecule has 102 valence electrons. The van der Waals surface area contributed by atoms with E-state index in [-0.39, 0.29) is 23.6 Å². The molecule has 0 radical (unpaired) electrons. The van der Waals surface area contributed by atoms with E-state index in [1.807, 2.05) is 4.90 Å². The molecule has 4 heteroatoms. The van der Waals surface area contributed by atoms with Gasteiger partial charge in [-0.2, -0.15) is 0 Å². The number of nitrogens with zero attached hydrogens (tertiary/aromatic N) is 1. The molecule has 0 spiro atoms. The fraction of sp³-hybridized carbons (Fsp3) is 0.467. The van der Waals surface area contributed by atoms with E-state index in [1.54, 1.807) is 12.1 Å². The Morgan fingerprint density at radius 1 is 1.05 bits per heavy atom. The van der Waals surface area contributed by atoms with Gasteiger partial charge in [-0.15, -0.1) is 0 Å². The number of hydrogen-bond acceptors (Lipinski definition) is 2. The van der Waals surface area contributed by atoms with Crippen LogP contribution >= 0.6 is 0 Å². The van der Waals surface area contributed by atoms with Gasteiger partial charge < -0.3 is 10.0 Å². The highest BCUT2D eigenvalue weighted by Gasteiger charge is 2.29. The molecule has 0 saturated carbocycles. The number of carbonyl (C=O) groups is 2. The van der Waals surface area contributed by atoms with Gasteiger partial charge in [0.1, 0.15) is 0 Å². The maximum Gasteiger partial charge on any atom is 0.335 e. The van der Waals surface area contributed by atoms with E-state index < -0.39 is 5.97 Å². The molecule has 2 unspecified atom stereocenters. The maximum atomic E-state index is 12.5. The van der Waals surface area contributed by atoms with Crippen LogP contribution in [0.1, 0.15) is 53.8 Å². The van der Waals surface area contributed by atoms with Crippen molar-refractivity contribution < 1.29 is 14.7 Å². The Kier molecular flexibility index (Phi) is 3.88. The van der Waals surface area contributed by atoms with Crippen LogP contribution in [0.5, 0.6) is 0 Å². The predicted octanol–water partition coefficient (Wildman–Crippen LogP) is 2.79. The lowest BCUT2D eigenvalue weighted by Gasteiger charge is -2.39. The van der Waals surface area contributed by atoms with E-state index in [1.165, 1.54) is 12.1 Å². The molecule has 19 heavy (non-hydrogen) atoms. The third-order valence-electron chi connectivity index (χ3n) is 3.81. The number of amides is 1. The van der Waals surface area contributed by atoms with Crippen LogP contribution in [0.15, 0.2) is 24.3 Å². The van der Waals surface area contributed by atoms with Gasteiger partial charge in [-0.3, -0.25) is 4.79 Å². The Bertz CT molecular complexity index is 471. The highest BCUT2D eigenvalue weighted by atomic mass is 16.4. The number of piperidine rings is 1. The second kappa shape index (κ2) is 5.43. The normalized spacial score (nSPS) is 23.2. The summed E-state index contributed by atoms with van der Waals surface area (Å²) in [4.78, 5) is 25.2. The number of carbonyl (C=O) groups excluding carboxylic acids is 1. The topological polar surface area (TPSA) is 57.6 Å². The van der Waals surface area contributed by atoms with Crippen LogP contribution in [0.2, 0.25) is 0 Å². The van der Waals surface area contributed by atoms with E-state index in [0.29, 0.717) is 5.56 Å². The first-order chi connectivity index (χ1) is 9.00. The summed E-state index contributed by atoms with van der Waals surface area (Å²) in [5.41, 5.74) is 0.766. The molecule has 2 rings (SSSR count). The van der Waals surface area contributed by atoms with Crippen molar-refractivity contribution in [1.82, 2.24) is 4.90 Å². The molecule has 1 aliphatic rings. The number of hydrogen-bond donors (Lipinski definition) is 1. The second-order valence-corrected chi connectivity index (χ2v) is 5.22. The number of aromatic carboxylic acids is 1. The average molecular weight is 261 g/mol. The largest absolute Gasteiger partial charge is 0.478 e. The lowest BCUT2D eigenvalue weighted by molar-refractivity contribution is 0.0509. The Morgan fingerprint density at radius 2 is 1.53 bits per heavy atom. The van der Waals surface area contributed by atoms with E-state index in [0.717, 1.165) is 19.3 Å². The fourth-order valence-corrected chi connectivity index (χ4v) is 2.73. The van der Waals surface area contributed by atoms with Gasteiger partial charge in [-0.1, -0.05) is 0 Å². The van der Waals surface area contributed by atoms with Crippen molar-refractivity contribution in [2.75, 3.05) is 0 Å². The van der Waals surface area contributed by atoms with Gasteiger partial charge in [0.15, 0.2) is 0 Å². The van der Waals surface area contributed by atoms with Gasteiger partial charge in [-0.25, -0.2) is 4.79 Å². The van der Waals surface area contributed by atoms with Gasteiger partial charge in [0.25, 0.3) is 5.91 Å². The summed E-state index contributed by atoms with van der Waals surface area (Å²) in [6, 6.07) is 6.65. The van der Waals surface area contributed by atoms with E-state index in [4.69, 9.17) is 5.11 Å². The van der Waals surface area contributed by atoms with E-state index >= 15 is 0 Å². The molecule has 1 aliphatic heterocycles. The molecule has 1 aromatic rings. The molecule has 1 fully saturated rings. The minimum Gasteiger partial charge on any atom is -0.478 e. The molecule has 2 atom stereocenters. The van der Waals surface area contributed by atoms with Gasteiger partial charge in [0.2, 0.25) is 0 Å². The third-order valence-corrected chi connectivity index (χ3v) is 3.81. The molecule has 1 aromatic carbocycles. The van der Waals surface area contributed by atoms with Crippen molar-refractivity contribution >= 4 is 11.9 Å². The van der Waals surface area contributed by atoms with Crippen LogP contribution in [-0.4, -0.2) is 34.0 Å². The zero-order chi connectivity index (χ0) is 14.0. The van der Waals surface area contributed by atoms with Crippen LogP contribution in [0, 0.1) is 0 Å². The quantitative estimate of drug-likeness (QED) is 0.890. The monoisotopic (exact) mass is 261 g/mol. The molecule has 1 amide bonds. The zero-order valence-electron chi connectivity index (χ0n) is 11.3. The SMILES string of the molecule is CC1CCCC(C)N1C(=O)c1ccc(C(=O)O)cc1. The summed E-state index contributed by atoms with van der Waals surface area (Å²) in [6.07, 6.45) is 3.22. The summed E-state index contributed by atoms with van der Waals surface area (Å²) in [6.45, 7) is 4.14. The molecular weight excluding hydrogens is 242 g/mol. The molecule has 0 aromatic heterocycles.